The molecule has 0 aliphatic carbocycles. The Bertz CT molecular complexity index is 1280. The number of hydrogen-bond donors (Lipinski definition) is 0. The molecule has 0 bridgehead atoms. The summed E-state index contributed by atoms with van der Waals surface area (Å²) in [6.07, 6.45) is 75.5. The molecule has 6 nitrogen and oxygen atoms in total. The summed E-state index contributed by atoms with van der Waals surface area (Å²) < 4.78 is 16.8. The number of esters is 3. The first-order valence-corrected chi connectivity index (χ1v) is 30.8. The first-order valence-electron chi connectivity index (χ1n) is 30.8. The van der Waals surface area contributed by atoms with Crippen LogP contribution in [0.15, 0.2) is 60.8 Å². The van der Waals surface area contributed by atoms with Crippen LogP contribution < -0.4 is 0 Å². The maximum atomic E-state index is 12.8. The van der Waals surface area contributed by atoms with E-state index < -0.39 is 6.10 Å². The van der Waals surface area contributed by atoms with Crippen molar-refractivity contribution in [1.82, 2.24) is 0 Å². The number of carbonyl (C=O) groups is 3. The second kappa shape index (κ2) is 59.7. The lowest BCUT2D eigenvalue weighted by atomic mass is 10.0. The van der Waals surface area contributed by atoms with Crippen molar-refractivity contribution in [2.24, 2.45) is 0 Å². The molecule has 0 saturated carbocycles. The summed E-state index contributed by atoms with van der Waals surface area (Å²) >= 11 is 0. The Balaban J connectivity index is 3.96. The van der Waals surface area contributed by atoms with Crippen molar-refractivity contribution < 1.29 is 28.6 Å². The van der Waals surface area contributed by atoms with E-state index in [9.17, 15) is 14.4 Å². The summed E-state index contributed by atoms with van der Waals surface area (Å²) in [5.41, 5.74) is 0. The average molecular weight is 994 g/mol. The van der Waals surface area contributed by atoms with E-state index in [0.29, 0.717) is 19.3 Å². The van der Waals surface area contributed by atoms with Gasteiger partial charge in [-0.3, -0.25) is 14.4 Å². The molecule has 0 aliphatic heterocycles. The maximum absolute atomic E-state index is 12.8. The zero-order valence-corrected chi connectivity index (χ0v) is 47.2. The first kappa shape index (κ1) is 68.1. The fourth-order valence-corrected chi connectivity index (χ4v) is 8.91. The summed E-state index contributed by atoms with van der Waals surface area (Å²) in [7, 11) is 0. The van der Waals surface area contributed by atoms with E-state index in [0.717, 1.165) is 103 Å². The molecule has 0 aromatic heterocycles. The van der Waals surface area contributed by atoms with Gasteiger partial charge in [0.15, 0.2) is 6.10 Å². The number of unbranched alkanes of at least 4 members (excludes halogenated alkanes) is 35. The van der Waals surface area contributed by atoms with Gasteiger partial charge in [0, 0.05) is 19.3 Å². The predicted octanol–water partition coefficient (Wildman–Crippen LogP) is 20.8. The van der Waals surface area contributed by atoms with Crippen molar-refractivity contribution in [2.45, 2.75) is 322 Å². The Kier molecular flexibility index (Phi) is 57.2. The van der Waals surface area contributed by atoms with Crippen LogP contribution in [0.3, 0.4) is 0 Å². The highest BCUT2D eigenvalue weighted by Gasteiger charge is 2.19. The Morgan fingerprint density at radius 1 is 0.296 bits per heavy atom. The van der Waals surface area contributed by atoms with E-state index in [-0.39, 0.29) is 31.1 Å². The quantitative estimate of drug-likeness (QED) is 0.0261. The van der Waals surface area contributed by atoms with Gasteiger partial charge in [0.05, 0.1) is 0 Å². The summed E-state index contributed by atoms with van der Waals surface area (Å²) in [6, 6.07) is 0. The molecule has 1 unspecified atom stereocenters. The van der Waals surface area contributed by atoms with E-state index in [4.69, 9.17) is 14.2 Å². The molecule has 0 heterocycles. The molecule has 0 amide bonds. The monoisotopic (exact) mass is 993 g/mol. The molecule has 0 aliphatic rings. The van der Waals surface area contributed by atoms with Crippen molar-refractivity contribution in [1.29, 1.82) is 0 Å². The summed E-state index contributed by atoms with van der Waals surface area (Å²) in [5.74, 6) is -0.871. The second-order valence-corrected chi connectivity index (χ2v) is 20.6. The van der Waals surface area contributed by atoms with Gasteiger partial charge in [-0.05, 0) is 77.0 Å². The lowest BCUT2D eigenvalue weighted by molar-refractivity contribution is -0.167. The van der Waals surface area contributed by atoms with Crippen LogP contribution in [-0.4, -0.2) is 37.2 Å². The molecule has 0 spiro atoms. The topological polar surface area (TPSA) is 78.9 Å². The van der Waals surface area contributed by atoms with Crippen molar-refractivity contribution in [2.75, 3.05) is 13.2 Å². The molecule has 0 saturated heterocycles. The molecule has 71 heavy (non-hydrogen) atoms. The third-order valence-corrected chi connectivity index (χ3v) is 13.5. The minimum absolute atomic E-state index is 0.0724. The summed E-state index contributed by atoms with van der Waals surface area (Å²) in [4.78, 5) is 38.0. The van der Waals surface area contributed by atoms with Gasteiger partial charge < -0.3 is 14.2 Å². The van der Waals surface area contributed by atoms with Crippen LogP contribution in [0.5, 0.6) is 0 Å². The highest BCUT2D eigenvalue weighted by atomic mass is 16.6. The van der Waals surface area contributed by atoms with Crippen LogP contribution in [0.25, 0.3) is 0 Å². The van der Waals surface area contributed by atoms with Gasteiger partial charge in [0.25, 0.3) is 0 Å². The standard InChI is InChI=1S/C65H116O6/c1-4-7-10-13-16-19-22-23-24-25-26-27-28-29-30-31-32-33-34-35-36-37-38-39-40-41-42-43-44-47-49-52-55-58-64(67)70-61-62(71-65(68)59-56-53-50-46-21-18-15-12-9-6-3)60-69-63(66)57-54-51-48-45-20-17-14-11-8-5-2/h7,10,12,15-16,19,23-24,26-27,62H,4-6,8-9,11,13-14,17-18,20-22,25,28-61H2,1-3H3/b10-7-,15-12-,19-16-,24-23-,27-26-. The van der Waals surface area contributed by atoms with E-state index >= 15 is 0 Å². The minimum atomic E-state index is -0.772. The fraction of sp³-hybridized carbons (Fsp3) is 0.800. The predicted molar refractivity (Wildman–Crippen MR) is 307 cm³/mol. The van der Waals surface area contributed by atoms with Crippen molar-refractivity contribution in [3.63, 3.8) is 0 Å². The molecule has 0 fully saturated rings. The van der Waals surface area contributed by atoms with Gasteiger partial charge in [-0.2, -0.15) is 0 Å². The van der Waals surface area contributed by atoms with E-state index in [2.05, 4.69) is 81.5 Å². The van der Waals surface area contributed by atoms with Crippen LogP contribution in [0.4, 0.5) is 0 Å². The third-order valence-electron chi connectivity index (χ3n) is 13.5. The lowest BCUT2D eigenvalue weighted by Gasteiger charge is -2.18. The Morgan fingerprint density at radius 2 is 0.577 bits per heavy atom. The van der Waals surface area contributed by atoms with E-state index in [1.165, 1.54) is 173 Å². The van der Waals surface area contributed by atoms with Gasteiger partial charge in [0.2, 0.25) is 0 Å². The number of ether oxygens (including phenoxy) is 3. The molecular weight excluding hydrogens is 877 g/mol. The molecule has 412 valence electrons. The fourth-order valence-electron chi connectivity index (χ4n) is 8.91. The molecule has 0 aromatic rings. The smallest absolute Gasteiger partial charge is 0.306 e. The number of carbonyl (C=O) groups excluding carboxylic acids is 3. The zero-order valence-electron chi connectivity index (χ0n) is 47.2. The van der Waals surface area contributed by atoms with Crippen LogP contribution >= 0.6 is 0 Å². The highest BCUT2D eigenvalue weighted by molar-refractivity contribution is 5.71. The molecule has 0 N–H and O–H groups in total. The first-order chi connectivity index (χ1) is 35.0. The largest absolute Gasteiger partial charge is 0.462 e. The van der Waals surface area contributed by atoms with Crippen LogP contribution in [-0.2, 0) is 28.6 Å². The summed E-state index contributed by atoms with van der Waals surface area (Å²) in [6.45, 7) is 6.47. The van der Waals surface area contributed by atoms with E-state index in [1.54, 1.807) is 0 Å². The van der Waals surface area contributed by atoms with E-state index in [1.807, 2.05) is 0 Å². The molecule has 6 heteroatoms. The molecular formula is C65H116O6. The molecule has 0 aromatic carbocycles. The van der Waals surface area contributed by atoms with Gasteiger partial charge in [-0.25, -0.2) is 0 Å². The number of allylic oxidation sites excluding steroid dienone is 10. The van der Waals surface area contributed by atoms with Crippen molar-refractivity contribution >= 4 is 17.9 Å². The lowest BCUT2D eigenvalue weighted by Crippen LogP contribution is -2.30. The normalized spacial score (nSPS) is 12.4. The van der Waals surface area contributed by atoms with Gasteiger partial charge in [-0.15, -0.1) is 0 Å². The van der Waals surface area contributed by atoms with Gasteiger partial charge in [-0.1, -0.05) is 281 Å². The SMILES string of the molecule is CC/C=C\C/C=C\C/C=C\C/C=C\CCCCCCCCCCCCCCCCCCCCCCC(=O)OCC(COC(=O)CCCCCCCCCCCC)OC(=O)CCCCCCC/C=C\CCC. The Labute approximate surface area is 440 Å². The van der Waals surface area contributed by atoms with Crippen LogP contribution in [0.2, 0.25) is 0 Å². The van der Waals surface area contributed by atoms with Gasteiger partial charge >= 0.3 is 17.9 Å². The van der Waals surface area contributed by atoms with Crippen LogP contribution in [0.1, 0.15) is 316 Å². The molecule has 1 atom stereocenters. The Morgan fingerprint density at radius 3 is 0.930 bits per heavy atom. The highest BCUT2D eigenvalue weighted by Crippen LogP contribution is 2.17. The molecule has 0 radical (unpaired) electrons. The number of rotatable bonds is 56. The second-order valence-electron chi connectivity index (χ2n) is 20.6. The van der Waals surface area contributed by atoms with Gasteiger partial charge in [0.1, 0.15) is 13.2 Å². The summed E-state index contributed by atoms with van der Waals surface area (Å²) in [5, 5.41) is 0. The number of hydrogen-bond acceptors (Lipinski definition) is 6. The maximum Gasteiger partial charge on any atom is 0.306 e. The van der Waals surface area contributed by atoms with Crippen LogP contribution in [0, 0.1) is 0 Å². The third kappa shape index (κ3) is 57.9. The van der Waals surface area contributed by atoms with Crippen molar-refractivity contribution in [3.8, 4) is 0 Å². The zero-order chi connectivity index (χ0) is 51.4. The average Bonchev–Trinajstić information content (AvgIpc) is 3.37. The molecule has 0 rings (SSSR count). The minimum Gasteiger partial charge on any atom is -0.462 e. The Hall–Kier alpha value is -2.89. The van der Waals surface area contributed by atoms with Crippen molar-refractivity contribution in [3.05, 3.63) is 60.8 Å².